The normalized spacial score (nSPS) is 28.0. The first-order valence-corrected chi connectivity index (χ1v) is 36.1. The van der Waals surface area contributed by atoms with Crippen LogP contribution in [0.4, 0.5) is 0 Å². The third kappa shape index (κ3) is 36.3. The standard InChI is InChI=1S/C75H127NO18/c1-3-5-7-9-11-13-15-17-19-21-22-23-24-25-26-27-28-29-30-31-32-33-34-35-36-37-39-41-43-45-47-49-51-53-63(81)76-58(59(80)52-50-48-46-44-42-40-38-20-18-16-14-12-10-8-6-4-2)57-89-73-69(87)66(84)71(61(55-78)91-73)94-75-70(88)67(85)72(62(56-79)92-75)93-74-68(86)65(83)64(82)60(54-77)90-74/h5,7,11,13,17,19,22-23,25-26,28-29,31-32,42,44,50,52,58-62,64-75,77-80,82-88H,3-4,6,8-10,12,14-16,18,20-21,24,27,30,33-41,43,45-49,51,53-57H2,1-2H3,(H,76,81)/b7-5-,13-11-,19-17-,23-22-,26-25-,29-28-,32-31-,44-42+,52-50+. The number of rotatable bonds is 54. The first kappa shape index (κ1) is 84.7. The van der Waals surface area contributed by atoms with Crippen molar-refractivity contribution < 1.29 is 89.4 Å². The molecule has 0 saturated carbocycles. The molecule has 19 heteroatoms. The molecule has 19 nitrogen and oxygen atoms in total. The Bertz CT molecular complexity index is 2130. The molecule has 0 radical (unpaired) electrons. The highest BCUT2D eigenvalue weighted by Crippen LogP contribution is 2.33. The largest absolute Gasteiger partial charge is 0.394 e. The Morgan fingerprint density at radius 2 is 0.745 bits per heavy atom. The summed E-state index contributed by atoms with van der Waals surface area (Å²) in [5.41, 5.74) is 0. The summed E-state index contributed by atoms with van der Waals surface area (Å²) in [5.74, 6) is -0.293. The lowest BCUT2D eigenvalue weighted by Crippen LogP contribution is -2.66. The Labute approximate surface area is 564 Å². The minimum atomic E-state index is -1.99. The van der Waals surface area contributed by atoms with Crippen molar-refractivity contribution in [2.45, 2.75) is 330 Å². The lowest BCUT2D eigenvalue weighted by Gasteiger charge is -2.48. The lowest BCUT2D eigenvalue weighted by atomic mass is 9.96. The molecule has 0 bridgehead atoms. The van der Waals surface area contributed by atoms with Crippen LogP contribution in [0.2, 0.25) is 0 Å². The Hall–Kier alpha value is -3.55. The molecule has 0 aromatic heterocycles. The zero-order valence-corrected chi connectivity index (χ0v) is 57.1. The fraction of sp³-hybridized carbons (Fsp3) is 0.747. The summed E-state index contributed by atoms with van der Waals surface area (Å²) in [4.78, 5) is 13.4. The van der Waals surface area contributed by atoms with E-state index in [4.69, 9.17) is 28.4 Å². The summed E-state index contributed by atoms with van der Waals surface area (Å²) in [6.45, 7) is 1.58. The van der Waals surface area contributed by atoms with Crippen molar-refractivity contribution in [2.24, 2.45) is 0 Å². The first-order valence-electron chi connectivity index (χ1n) is 36.1. The van der Waals surface area contributed by atoms with Crippen LogP contribution in [-0.2, 0) is 33.2 Å². The van der Waals surface area contributed by atoms with E-state index in [-0.39, 0.29) is 18.9 Å². The summed E-state index contributed by atoms with van der Waals surface area (Å²) < 4.78 is 34.3. The highest BCUT2D eigenvalue weighted by molar-refractivity contribution is 5.76. The first-order chi connectivity index (χ1) is 45.8. The summed E-state index contributed by atoms with van der Waals surface area (Å²) in [7, 11) is 0. The van der Waals surface area contributed by atoms with Crippen molar-refractivity contribution in [3.8, 4) is 0 Å². The van der Waals surface area contributed by atoms with Gasteiger partial charge in [0.15, 0.2) is 18.9 Å². The number of nitrogens with one attached hydrogen (secondary N) is 1. The van der Waals surface area contributed by atoms with Crippen molar-refractivity contribution >= 4 is 5.91 Å². The van der Waals surface area contributed by atoms with Gasteiger partial charge >= 0.3 is 0 Å². The number of ether oxygens (including phenoxy) is 6. The third-order valence-electron chi connectivity index (χ3n) is 17.3. The summed E-state index contributed by atoms with van der Waals surface area (Å²) >= 11 is 0. The molecule has 1 amide bonds. The molecule has 94 heavy (non-hydrogen) atoms. The second kappa shape index (κ2) is 55.3. The molecule has 0 aromatic rings. The van der Waals surface area contributed by atoms with Crippen LogP contribution in [0.15, 0.2) is 109 Å². The molecule has 3 heterocycles. The molecule has 0 aromatic carbocycles. The van der Waals surface area contributed by atoms with Crippen LogP contribution >= 0.6 is 0 Å². The van der Waals surface area contributed by atoms with Gasteiger partial charge < -0.3 is 89.9 Å². The zero-order valence-electron chi connectivity index (χ0n) is 57.1. The Kier molecular flexibility index (Phi) is 49.9. The van der Waals surface area contributed by atoms with Crippen molar-refractivity contribution in [3.05, 3.63) is 109 Å². The van der Waals surface area contributed by atoms with Gasteiger partial charge in [-0.2, -0.15) is 0 Å². The molecule has 17 atom stereocenters. The summed E-state index contributed by atoms with van der Waals surface area (Å²) in [6, 6.07) is -0.999. The highest BCUT2D eigenvalue weighted by atomic mass is 16.8. The van der Waals surface area contributed by atoms with Gasteiger partial charge in [-0.1, -0.05) is 239 Å². The zero-order chi connectivity index (χ0) is 68.2. The average Bonchev–Trinajstić information content (AvgIpc) is 0.787. The third-order valence-corrected chi connectivity index (χ3v) is 17.3. The monoisotopic (exact) mass is 1330 g/mol. The Morgan fingerprint density at radius 3 is 1.19 bits per heavy atom. The molecular weight excluding hydrogens is 1200 g/mol. The minimum Gasteiger partial charge on any atom is -0.394 e. The van der Waals surface area contributed by atoms with E-state index in [0.717, 1.165) is 96.3 Å². The van der Waals surface area contributed by atoms with E-state index >= 15 is 0 Å². The highest BCUT2D eigenvalue weighted by Gasteiger charge is 2.53. The molecule has 3 aliphatic heterocycles. The van der Waals surface area contributed by atoms with Gasteiger partial charge in [0.05, 0.1) is 38.6 Å². The fourth-order valence-corrected chi connectivity index (χ4v) is 11.5. The number of amides is 1. The smallest absolute Gasteiger partial charge is 0.220 e. The number of hydrogen-bond acceptors (Lipinski definition) is 18. The molecule has 3 fully saturated rings. The van der Waals surface area contributed by atoms with Crippen LogP contribution in [0.25, 0.3) is 0 Å². The van der Waals surface area contributed by atoms with E-state index in [0.29, 0.717) is 12.8 Å². The molecule has 0 aliphatic carbocycles. The van der Waals surface area contributed by atoms with E-state index < -0.39 is 124 Å². The quantitative estimate of drug-likeness (QED) is 0.0199. The molecular formula is C75H127NO18. The van der Waals surface area contributed by atoms with Gasteiger partial charge in [0.1, 0.15) is 73.2 Å². The van der Waals surface area contributed by atoms with Crippen molar-refractivity contribution in [2.75, 3.05) is 26.4 Å². The van der Waals surface area contributed by atoms with E-state index in [2.05, 4.69) is 116 Å². The number of carbonyl (C=O) groups is 1. The Morgan fingerprint density at radius 1 is 0.394 bits per heavy atom. The second-order valence-electron chi connectivity index (χ2n) is 25.3. The van der Waals surface area contributed by atoms with E-state index in [1.165, 1.54) is 96.3 Å². The van der Waals surface area contributed by atoms with E-state index in [1.807, 2.05) is 6.08 Å². The van der Waals surface area contributed by atoms with Gasteiger partial charge in [-0.15, -0.1) is 0 Å². The van der Waals surface area contributed by atoms with Crippen molar-refractivity contribution in [3.63, 3.8) is 0 Å². The topological polar surface area (TPSA) is 307 Å². The molecule has 3 saturated heterocycles. The summed E-state index contributed by atoms with van der Waals surface area (Å²) in [6.07, 6.45) is 47.8. The van der Waals surface area contributed by atoms with Crippen molar-refractivity contribution in [1.82, 2.24) is 5.32 Å². The van der Waals surface area contributed by atoms with Crippen LogP contribution in [0, 0.1) is 0 Å². The fourth-order valence-electron chi connectivity index (χ4n) is 11.5. The number of unbranched alkanes of at least 4 members (excludes halogenated alkanes) is 22. The Balaban J connectivity index is 1.39. The second-order valence-corrected chi connectivity index (χ2v) is 25.3. The van der Waals surface area contributed by atoms with E-state index in [9.17, 15) is 61.0 Å². The van der Waals surface area contributed by atoms with E-state index in [1.54, 1.807) is 6.08 Å². The average molecular weight is 1330 g/mol. The maximum atomic E-state index is 13.4. The van der Waals surface area contributed by atoms with Gasteiger partial charge in [0, 0.05) is 6.42 Å². The van der Waals surface area contributed by atoms with Gasteiger partial charge in [0.25, 0.3) is 0 Å². The molecule has 540 valence electrons. The van der Waals surface area contributed by atoms with Gasteiger partial charge in [-0.05, 0) is 89.9 Å². The van der Waals surface area contributed by atoms with Gasteiger partial charge in [-0.3, -0.25) is 4.79 Å². The molecule has 0 spiro atoms. The van der Waals surface area contributed by atoms with Crippen LogP contribution in [0.5, 0.6) is 0 Å². The SMILES string of the molecule is CC/C=C\C/C=C\C/C=C\C/C=C\C/C=C\C/C=C\C/C=C\CCCCCCCCCCCCCC(=O)NC(COC1OC(CO)C(OC2OC(CO)C(OC3OC(CO)C(O)C(O)C3O)C(O)C2O)C(O)C1O)C(O)/C=C/CC/C=C/CCCCCCCCCCCC. The molecule has 3 aliphatic rings. The predicted molar refractivity (Wildman–Crippen MR) is 369 cm³/mol. The molecule has 3 rings (SSSR count). The van der Waals surface area contributed by atoms with Gasteiger partial charge in [-0.25, -0.2) is 0 Å². The maximum Gasteiger partial charge on any atom is 0.220 e. The van der Waals surface area contributed by atoms with Crippen LogP contribution in [-0.4, -0.2) is 193 Å². The minimum absolute atomic E-state index is 0.225. The van der Waals surface area contributed by atoms with Crippen LogP contribution < -0.4 is 5.32 Å². The van der Waals surface area contributed by atoms with Gasteiger partial charge in [0.2, 0.25) is 5.91 Å². The lowest BCUT2D eigenvalue weighted by molar-refractivity contribution is -0.379. The summed E-state index contributed by atoms with van der Waals surface area (Å²) in [5, 5.41) is 121. The number of allylic oxidation sites excluding steroid dienone is 17. The number of aliphatic hydroxyl groups is 11. The molecule has 12 N–H and O–H groups in total. The van der Waals surface area contributed by atoms with Crippen LogP contribution in [0.1, 0.15) is 226 Å². The van der Waals surface area contributed by atoms with Crippen molar-refractivity contribution in [1.29, 1.82) is 0 Å². The number of carbonyl (C=O) groups excluding carboxylic acids is 1. The predicted octanol–water partition coefficient (Wildman–Crippen LogP) is 10.2. The maximum absolute atomic E-state index is 13.4. The number of hydrogen-bond donors (Lipinski definition) is 12. The van der Waals surface area contributed by atoms with Crippen LogP contribution in [0.3, 0.4) is 0 Å². The number of aliphatic hydroxyl groups excluding tert-OH is 11. The molecule has 17 unspecified atom stereocenters.